The Labute approximate surface area is 156 Å². The molecule has 0 spiro atoms. The minimum atomic E-state index is -0.261. The molecule has 0 radical (unpaired) electrons. The van der Waals surface area contributed by atoms with Crippen LogP contribution < -0.4 is 10.1 Å². The van der Waals surface area contributed by atoms with Crippen LogP contribution in [0, 0.1) is 5.82 Å². The van der Waals surface area contributed by atoms with E-state index in [-0.39, 0.29) is 5.82 Å². The molecule has 1 aromatic rings. The molecule has 1 fully saturated rings. The van der Waals surface area contributed by atoms with Gasteiger partial charge in [-0.15, -0.1) is 0 Å². The van der Waals surface area contributed by atoms with Gasteiger partial charge in [-0.2, -0.15) is 0 Å². The highest BCUT2D eigenvalue weighted by Gasteiger charge is 2.23. The second kappa shape index (κ2) is 10.3. The minimum Gasteiger partial charge on any atom is -0.492 e. The fraction of sp³-hybridized carbons (Fsp3) is 0.632. The average molecular weight is 366 g/mol. The fourth-order valence-electron chi connectivity index (χ4n) is 3.07. The van der Waals surface area contributed by atoms with E-state index in [1.165, 1.54) is 12.1 Å². The third-order valence-electron chi connectivity index (χ3n) is 4.62. The highest BCUT2D eigenvalue weighted by atomic mass is 19.1. The van der Waals surface area contributed by atoms with Gasteiger partial charge in [0.25, 0.3) is 0 Å². The lowest BCUT2D eigenvalue weighted by Gasteiger charge is -2.38. The third kappa shape index (κ3) is 6.14. The van der Waals surface area contributed by atoms with E-state index in [0.29, 0.717) is 31.0 Å². The molecule has 0 bridgehead atoms. The van der Waals surface area contributed by atoms with Gasteiger partial charge in [-0.25, -0.2) is 4.39 Å². The van der Waals surface area contributed by atoms with Gasteiger partial charge in [0.1, 0.15) is 18.2 Å². The zero-order valence-electron chi connectivity index (χ0n) is 16.2. The van der Waals surface area contributed by atoms with Crippen molar-refractivity contribution in [1.82, 2.24) is 15.1 Å². The summed E-state index contributed by atoms with van der Waals surface area (Å²) < 4.78 is 24.1. The maximum atomic E-state index is 12.9. The number of guanidine groups is 1. The van der Waals surface area contributed by atoms with Crippen molar-refractivity contribution in [3.63, 3.8) is 0 Å². The quantitative estimate of drug-likeness (QED) is 0.589. The number of hydrogen-bond donors (Lipinski definition) is 1. The van der Waals surface area contributed by atoms with Crippen molar-refractivity contribution in [3.8, 4) is 5.75 Å². The van der Waals surface area contributed by atoms with E-state index in [9.17, 15) is 4.39 Å². The molecule has 2 atom stereocenters. The molecule has 2 rings (SSSR count). The predicted molar refractivity (Wildman–Crippen MR) is 102 cm³/mol. The predicted octanol–water partition coefficient (Wildman–Crippen LogP) is 1.82. The van der Waals surface area contributed by atoms with Crippen LogP contribution >= 0.6 is 0 Å². The van der Waals surface area contributed by atoms with Crippen molar-refractivity contribution in [2.45, 2.75) is 25.9 Å². The largest absolute Gasteiger partial charge is 0.492 e. The molecule has 146 valence electrons. The molecule has 1 aliphatic rings. The van der Waals surface area contributed by atoms with Gasteiger partial charge >= 0.3 is 0 Å². The number of benzene rings is 1. The number of rotatable bonds is 7. The van der Waals surface area contributed by atoms with Gasteiger partial charge in [-0.1, -0.05) is 0 Å². The SMILES string of the molecule is CN=C(NCC(C)N1CCOCC1C)N(C)CCOc1ccc(F)cc1. The van der Waals surface area contributed by atoms with Gasteiger partial charge in [-0.3, -0.25) is 9.89 Å². The lowest BCUT2D eigenvalue weighted by molar-refractivity contribution is -0.0175. The summed E-state index contributed by atoms with van der Waals surface area (Å²) in [4.78, 5) is 8.83. The van der Waals surface area contributed by atoms with Crippen LogP contribution in [0.3, 0.4) is 0 Å². The zero-order valence-corrected chi connectivity index (χ0v) is 16.2. The number of nitrogens with one attached hydrogen (secondary N) is 1. The summed E-state index contributed by atoms with van der Waals surface area (Å²) in [5.74, 6) is 1.24. The monoisotopic (exact) mass is 366 g/mol. The molecule has 1 aliphatic heterocycles. The zero-order chi connectivity index (χ0) is 18.9. The van der Waals surface area contributed by atoms with Gasteiger partial charge in [0.05, 0.1) is 19.8 Å². The Morgan fingerprint density at radius 3 is 2.85 bits per heavy atom. The van der Waals surface area contributed by atoms with Crippen LogP contribution in [0.25, 0.3) is 0 Å². The molecule has 1 heterocycles. The Hall–Kier alpha value is -1.86. The second-order valence-electron chi connectivity index (χ2n) is 6.66. The Morgan fingerprint density at radius 2 is 2.19 bits per heavy atom. The molecule has 1 N–H and O–H groups in total. The number of ether oxygens (including phenoxy) is 2. The van der Waals surface area contributed by atoms with E-state index in [2.05, 4.69) is 29.1 Å². The Morgan fingerprint density at radius 1 is 1.46 bits per heavy atom. The van der Waals surface area contributed by atoms with E-state index in [4.69, 9.17) is 9.47 Å². The first-order valence-electron chi connectivity index (χ1n) is 9.15. The van der Waals surface area contributed by atoms with E-state index in [0.717, 1.165) is 32.3 Å². The van der Waals surface area contributed by atoms with Crippen LogP contribution in [-0.4, -0.2) is 81.4 Å². The van der Waals surface area contributed by atoms with Crippen LogP contribution in [0.2, 0.25) is 0 Å². The Balaban J connectivity index is 1.73. The first-order valence-corrected chi connectivity index (χ1v) is 9.15. The standard InChI is InChI=1S/C19H31FN4O2/c1-15(24-10-11-25-14-16(24)2)13-22-19(21-3)23(4)9-12-26-18-7-5-17(20)6-8-18/h5-8,15-16H,9-14H2,1-4H3,(H,21,22). The van der Waals surface area contributed by atoms with Crippen molar-refractivity contribution < 1.29 is 13.9 Å². The highest BCUT2D eigenvalue weighted by Crippen LogP contribution is 2.11. The lowest BCUT2D eigenvalue weighted by Crippen LogP contribution is -2.53. The number of aliphatic imine (C=N–C) groups is 1. The van der Waals surface area contributed by atoms with E-state index in [1.54, 1.807) is 19.2 Å². The van der Waals surface area contributed by atoms with E-state index >= 15 is 0 Å². The minimum absolute atomic E-state index is 0.261. The van der Waals surface area contributed by atoms with Crippen molar-refractivity contribution in [3.05, 3.63) is 30.1 Å². The summed E-state index contributed by atoms with van der Waals surface area (Å²) in [5, 5.41) is 3.43. The van der Waals surface area contributed by atoms with Crippen LogP contribution in [0.1, 0.15) is 13.8 Å². The first kappa shape index (κ1) is 20.5. The highest BCUT2D eigenvalue weighted by molar-refractivity contribution is 5.79. The molecule has 0 aromatic heterocycles. The summed E-state index contributed by atoms with van der Waals surface area (Å²) in [6.07, 6.45) is 0. The number of halogens is 1. The normalized spacial score (nSPS) is 19.9. The van der Waals surface area contributed by atoms with Crippen LogP contribution in [0.4, 0.5) is 4.39 Å². The Bertz CT molecular complexity index is 567. The Kier molecular flexibility index (Phi) is 8.12. The summed E-state index contributed by atoms with van der Waals surface area (Å²) >= 11 is 0. The summed E-state index contributed by atoms with van der Waals surface area (Å²) in [7, 11) is 3.76. The molecule has 1 aromatic carbocycles. The summed E-state index contributed by atoms with van der Waals surface area (Å²) in [6, 6.07) is 6.89. The van der Waals surface area contributed by atoms with Gasteiger partial charge in [0.15, 0.2) is 5.96 Å². The van der Waals surface area contributed by atoms with Crippen LogP contribution in [0.5, 0.6) is 5.75 Å². The molecular weight excluding hydrogens is 335 g/mol. The molecule has 26 heavy (non-hydrogen) atoms. The number of hydrogen-bond acceptors (Lipinski definition) is 4. The number of likely N-dealkylation sites (N-methyl/N-ethyl adjacent to an activating group) is 1. The maximum absolute atomic E-state index is 12.9. The van der Waals surface area contributed by atoms with E-state index in [1.807, 2.05) is 11.9 Å². The van der Waals surface area contributed by atoms with Crippen molar-refractivity contribution in [1.29, 1.82) is 0 Å². The molecule has 2 unspecified atom stereocenters. The first-order chi connectivity index (χ1) is 12.5. The third-order valence-corrected chi connectivity index (χ3v) is 4.62. The van der Waals surface area contributed by atoms with Crippen LogP contribution in [-0.2, 0) is 4.74 Å². The average Bonchev–Trinajstić information content (AvgIpc) is 2.64. The summed E-state index contributed by atoms with van der Waals surface area (Å²) in [6.45, 7) is 8.97. The second-order valence-corrected chi connectivity index (χ2v) is 6.66. The van der Waals surface area contributed by atoms with Gasteiger partial charge in [0.2, 0.25) is 0 Å². The van der Waals surface area contributed by atoms with E-state index < -0.39 is 0 Å². The van der Waals surface area contributed by atoms with Crippen molar-refractivity contribution >= 4 is 5.96 Å². The van der Waals surface area contributed by atoms with Crippen molar-refractivity contribution in [2.24, 2.45) is 4.99 Å². The van der Waals surface area contributed by atoms with Crippen LogP contribution in [0.15, 0.2) is 29.3 Å². The van der Waals surface area contributed by atoms with Gasteiger partial charge in [-0.05, 0) is 38.1 Å². The molecule has 0 amide bonds. The topological polar surface area (TPSA) is 49.3 Å². The molecule has 0 saturated carbocycles. The molecule has 6 nitrogen and oxygen atoms in total. The van der Waals surface area contributed by atoms with Gasteiger partial charge < -0.3 is 19.7 Å². The van der Waals surface area contributed by atoms with Crippen molar-refractivity contribution in [2.75, 3.05) is 53.6 Å². The molecular formula is C19H31FN4O2. The maximum Gasteiger partial charge on any atom is 0.193 e. The molecule has 7 heteroatoms. The number of morpholine rings is 1. The summed E-state index contributed by atoms with van der Waals surface area (Å²) in [5.41, 5.74) is 0. The molecule has 1 saturated heterocycles. The fourth-order valence-corrected chi connectivity index (χ4v) is 3.07. The van der Waals surface area contributed by atoms with Gasteiger partial charge in [0, 0.05) is 39.3 Å². The molecule has 0 aliphatic carbocycles. The smallest absolute Gasteiger partial charge is 0.193 e. The number of nitrogens with zero attached hydrogens (tertiary/aromatic N) is 3. The lowest BCUT2D eigenvalue weighted by atomic mass is 10.2.